The highest BCUT2D eigenvalue weighted by Crippen LogP contribution is 2.19. The van der Waals surface area contributed by atoms with Gasteiger partial charge in [0, 0.05) is 10.7 Å². The van der Waals surface area contributed by atoms with Crippen molar-refractivity contribution in [2.45, 2.75) is 19.4 Å². The van der Waals surface area contributed by atoms with Crippen LogP contribution in [-0.4, -0.2) is 24.5 Å². The van der Waals surface area contributed by atoms with Crippen LogP contribution in [0.2, 0.25) is 5.02 Å². The number of aliphatic carboxylic acids is 1. The van der Waals surface area contributed by atoms with Gasteiger partial charge in [0.25, 0.3) is 0 Å². The highest BCUT2D eigenvalue weighted by molar-refractivity contribution is 6.31. The van der Waals surface area contributed by atoms with Crippen LogP contribution in [0.1, 0.15) is 12.0 Å². The highest BCUT2D eigenvalue weighted by Gasteiger charge is 2.17. The zero-order chi connectivity index (χ0) is 15.1. The third-order valence-electron chi connectivity index (χ3n) is 2.75. The molecule has 0 aromatic heterocycles. The first kappa shape index (κ1) is 16.2. The molecule has 1 atom stereocenters. The van der Waals surface area contributed by atoms with Gasteiger partial charge in [-0.15, -0.1) is 0 Å². The maximum absolute atomic E-state index is 11.8. The van der Waals surface area contributed by atoms with Gasteiger partial charge in [0.05, 0.1) is 18.9 Å². The summed E-state index contributed by atoms with van der Waals surface area (Å²) in [6, 6.07) is 4.17. The smallest absolute Gasteiger partial charge is 0.230 e. The maximum Gasteiger partial charge on any atom is 0.230 e. The number of nitrogens with one attached hydrogen (secondary N) is 1. The zero-order valence-electron chi connectivity index (χ0n) is 11.2. The Morgan fingerprint density at radius 2 is 2.25 bits per heavy atom. The van der Waals surface area contributed by atoms with E-state index in [1.54, 1.807) is 24.3 Å². The van der Waals surface area contributed by atoms with Crippen LogP contribution in [0.15, 0.2) is 30.9 Å². The number of carboxylic acid groups (broad SMARTS) is 1. The van der Waals surface area contributed by atoms with E-state index in [9.17, 15) is 14.7 Å². The molecule has 0 aliphatic heterocycles. The number of aryl methyl sites for hydroxylation is 1. The second-order valence-corrected chi connectivity index (χ2v) is 4.81. The predicted octanol–water partition coefficient (Wildman–Crippen LogP) is -0.155. The third-order valence-corrected chi connectivity index (χ3v) is 3.16. The summed E-state index contributed by atoms with van der Waals surface area (Å²) < 4.78 is 0. The average Bonchev–Trinajstić information content (AvgIpc) is 2.38. The van der Waals surface area contributed by atoms with Crippen LogP contribution in [0, 0.1) is 6.92 Å². The minimum atomic E-state index is -1.27. The molecule has 0 bridgehead atoms. The van der Waals surface area contributed by atoms with Crippen molar-refractivity contribution in [1.82, 2.24) is 0 Å². The van der Waals surface area contributed by atoms with Gasteiger partial charge in [0.1, 0.15) is 6.04 Å². The Bertz CT molecular complexity index is 517. The van der Waals surface area contributed by atoms with Gasteiger partial charge in [-0.3, -0.25) is 4.79 Å². The quantitative estimate of drug-likeness (QED) is 0.686. The maximum atomic E-state index is 11.8. The van der Waals surface area contributed by atoms with Crippen molar-refractivity contribution in [3.8, 4) is 0 Å². The molecule has 0 saturated heterocycles. The molecule has 0 aliphatic rings. The van der Waals surface area contributed by atoms with E-state index in [1.807, 2.05) is 6.92 Å². The Kier molecular flexibility index (Phi) is 6.21. The van der Waals surface area contributed by atoms with E-state index in [4.69, 9.17) is 11.6 Å². The minimum Gasteiger partial charge on any atom is -0.544 e. The summed E-state index contributed by atoms with van der Waals surface area (Å²) in [5.41, 5.74) is 1.43. The number of amides is 1. The number of carbonyl (C=O) groups is 2. The monoisotopic (exact) mass is 296 g/mol. The van der Waals surface area contributed by atoms with Crippen LogP contribution in [0.4, 0.5) is 5.69 Å². The Morgan fingerprint density at radius 1 is 1.55 bits per heavy atom. The number of anilines is 1. The molecule has 0 fully saturated rings. The van der Waals surface area contributed by atoms with Crippen LogP contribution >= 0.6 is 11.6 Å². The van der Waals surface area contributed by atoms with E-state index in [1.165, 1.54) is 5.32 Å². The molecule has 5 nitrogen and oxygen atoms in total. The topological polar surface area (TPSA) is 85.8 Å². The molecule has 0 spiro atoms. The lowest BCUT2D eigenvalue weighted by molar-refractivity contribution is -0.674. The van der Waals surface area contributed by atoms with Crippen molar-refractivity contribution >= 4 is 29.2 Å². The Hall–Kier alpha value is -1.85. The van der Waals surface area contributed by atoms with Gasteiger partial charge in [-0.2, -0.15) is 0 Å². The van der Waals surface area contributed by atoms with Crippen LogP contribution in [0.5, 0.6) is 0 Å². The molecule has 1 rings (SSSR count). The Labute approximate surface area is 122 Å². The number of halogens is 1. The van der Waals surface area contributed by atoms with Gasteiger partial charge in [-0.05, 0) is 30.7 Å². The fourth-order valence-corrected chi connectivity index (χ4v) is 1.79. The van der Waals surface area contributed by atoms with Gasteiger partial charge < -0.3 is 20.5 Å². The van der Waals surface area contributed by atoms with Crippen LogP contribution in [0.3, 0.4) is 0 Å². The lowest BCUT2D eigenvalue weighted by atomic mass is 10.2. The number of benzene rings is 1. The van der Waals surface area contributed by atoms with E-state index < -0.39 is 17.9 Å². The lowest BCUT2D eigenvalue weighted by Crippen LogP contribution is -2.93. The summed E-state index contributed by atoms with van der Waals surface area (Å²) in [7, 11) is 0. The highest BCUT2D eigenvalue weighted by atomic mass is 35.5. The SMILES string of the molecule is C=CC[NH2+][C@@H](CC(=O)Nc1ccc(C)c(Cl)c1)C(=O)[O-]. The van der Waals surface area contributed by atoms with E-state index in [0.29, 0.717) is 17.3 Å². The third kappa shape index (κ3) is 5.03. The summed E-state index contributed by atoms with van der Waals surface area (Å²) in [6.45, 7) is 5.75. The van der Waals surface area contributed by atoms with E-state index in [0.717, 1.165) is 5.56 Å². The first-order valence-electron chi connectivity index (χ1n) is 6.15. The molecule has 0 radical (unpaired) electrons. The van der Waals surface area contributed by atoms with E-state index in [-0.39, 0.29) is 6.42 Å². The van der Waals surface area contributed by atoms with Crippen molar-refractivity contribution in [3.05, 3.63) is 41.4 Å². The standard InChI is InChI=1S/C14H17ClN2O3/c1-3-6-16-12(14(19)20)8-13(18)17-10-5-4-9(2)11(15)7-10/h3-5,7,12,16H,1,6,8H2,2H3,(H,17,18)(H,19,20)/t12-/m0/s1. The number of carbonyl (C=O) groups excluding carboxylic acids is 2. The van der Waals surface area contributed by atoms with Crippen molar-refractivity contribution in [2.24, 2.45) is 0 Å². The first-order chi connectivity index (χ1) is 9.43. The molecule has 1 amide bonds. The van der Waals surface area contributed by atoms with Crippen molar-refractivity contribution in [2.75, 3.05) is 11.9 Å². The van der Waals surface area contributed by atoms with Crippen LogP contribution in [0.25, 0.3) is 0 Å². The van der Waals surface area contributed by atoms with E-state index in [2.05, 4.69) is 11.9 Å². The molecule has 0 heterocycles. The van der Waals surface area contributed by atoms with Gasteiger partial charge in [0.15, 0.2) is 0 Å². The average molecular weight is 297 g/mol. The van der Waals surface area contributed by atoms with Gasteiger partial charge in [-0.25, -0.2) is 0 Å². The number of nitrogens with two attached hydrogens (primary N) is 1. The van der Waals surface area contributed by atoms with E-state index >= 15 is 0 Å². The predicted molar refractivity (Wildman–Crippen MR) is 75.2 cm³/mol. The number of quaternary nitrogens is 1. The minimum absolute atomic E-state index is 0.179. The molecule has 1 aromatic carbocycles. The second kappa shape index (κ2) is 7.67. The van der Waals surface area contributed by atoms with Crippen molar-refractivity contribution < 1.29 is 20.0 Å². The molecular formula is C14H17ClN2O3. The number of rotatable bonds is 7. The zero-order valence-corrected chi connectivity index (χ0v) is 11.9. The molecule has 1 aromatic rings. The summed E-state index contributed by atoms with van der Waals surface area (Å²) in [6.07, 6.45) is 1.38. The van der Waals surface area contributed by atoms with Gasteiger partial charge >= 0.3 is 0 Å². The number of hydrogen-bond donors (Lipinski definition) is 2. The number of carboxylic acids is 1. The Balaban J connectivity index is 2.62. The van der Waals surface area contributed by atoms with Crippen LogP contribution in [-0.2, 0) is 9.59 Å². The molecule has 6 heteroatoms. The normalized spacial score (nSPS) is 11.7. The van der Waals surface area contributed by atoms with Crippen molar-refractivity contribution in [1.29, 1.82) is 0 Å². The second-order valence-electron chi connectivity index (χ2n) is 4.40. The molecule has 108 valence electrons. The molecule has 3 N–H and O–H groups in total. The lowest BCUT2D eigenvalue weighted by Gasteiger charge is -2.15. The molecule has 0 saturated carbocycles. The molecule has 0 aliphatic carbocycles. The molecule has 0 unspecified atom stereocenters. The summed E-state index contributed by atoms with van der Waals surface area (Å²) in [5, 5.41) is 15.6. The van der Waals surface area contributed by atoms with Crippen molar-refractivity contribution in [3.63, 3.8) is 0 Å². The summed E-state index contributed by atoms with van der Waals surface area (Å²) in [4.78, 5) is 22.7. The van der Waals surface area contributed by atoms with Crippen LogP contribution < -0.4 is 15.7 Å². The Morgan fingerprint density at radius 3 is 2.80 bits per heavy atom. The summed E-state index contributed by atoms with van der Waals surface area (Å²) in [5.74, 6) is -1.68. The largest absolute Gasteiger partial charge is 0.544 e. The fraction of sp³-hybridized carbons (Fsp3) is 0.286. The number of hydrogen-bond acceptors (Lipinski definition) is 3. The van der Waals surface area contributed by atoms with Gasteiger partial charge in [-0.1, -0.05) is 24.2 Å². The van der Waals surface area contributed by atoms with Gasteiger partial charge in [0.2, 0.25) is 5.91 Å². The fourth-order valence-electron chi connectivity index (χ4n) is 1.61. The summed E-state index contributed by atoms with van der Waals surface area (Å²) >= 11 is 5.95. The molecular weight excluding hydrogens is 280 g/mol. The molecule has 20 heavy (non-hydrogen) atoms. The first-order valence-corrected chi connectivity index (χ1v) is 6.53.